The van der Waals surface area contributed by atoms with Crippen molar-refractivity contribution in [3.8, 4) is 0 Å². The number of H-pyrrole nitrogens is 1. The molecule has 4 heterocycles. The molecule has 1 amide bonds. The Hall–Kier alpha value is -2.93. The highest BCUT2D eigenvalue weighted by molar-refractivity contribution is 6.03. The highest BCUT2D eigenvalue weighted by Gasteiger charge is 2.30. The van der Waals surface area contributed by atoms with Gasteiger partial charge < -0.3 is 15.2 Å². The lowest BCUT2D eigenvalue weighted by Crippen LogP contribution is -2.32. The van der Waals surface area contributed by atoms with E-state index in [-0.39, 0.29) is 18.0 Å². The highest BCUT2D eigenvalue weighted by atomic mass is 16.2. The minimum atomic E-state index is -0.172. The largest absolute Gasteiger partial charge is 0.348 e. The summed E-state index contributed by atoms with van der Waals surface area (Å²) in [5.41, 5.74) is 5.68. The van der Waals surface area contributed by atoms with Crippen molar-refractivity contribution >= 4 is 11.4 Å². The smallest absolute Gasteiger partial charge is 0.254 e. The molecule has 1 unspecified atom stereocenters. The molecular formula is C25H33N5O2. The Balaban J connectivity index is 1.65. The third kappa shape index (κ3) is 4.09. The first-order valence-electron chi connectivity index (χ1n) is 11.4. The summed E-state index contributed by atoms with van der Waals surface area (Å²) in [4.78, 5) is 30.9. The normalized spacial score (nSPS) is 16.4. The molecule has 7 nitrogen and oxygen atoms in total. The van der Waals surface area contributed by atoms with E-state index in [4.69, 9.17) is 0 Å². The Morgan fingerprint density at radius 3 is 2.69 bits per heavy atom. The Labute approximate surface area is 188 Å². The van der Waals surface area contributed by atoms with Crippen LogP contribution in [0.3, 0.4) is 0 Å². The summed E-state index contributed by atoms with van der Waals surface area (Å²) in [5.74, 6) is 0.693. The minimum Gasteiger partial charge on any atom is -0.348 e. The zero-order valence-corrected chi connectivity index (χ0v) is 19.7. The van der Waals surface area contributed by atoms with E-state index in [2.05, 4.69) is 34.3 Å². The molecule has 2 N–H and O–H groups in total. The van der Waals surface area contributed by atoms with Crippen LogP contribution in [0.25, 0.3) is 5.52 Å². The Morgan fingerprint density at radius 2 is 2.00 bits per heavy atom. The molecule has 3 aromatic heterocycles. The molecule has 3 aromatic rings. The number of hydrogen-bond donors (Lipinski definition) is 2. The van der Waals surface area contributed by atoms with Crippen LogP contribution in [0.1, 0.15) is 64.1 Å². The third-order valence-corrected chi connectivity index (χ3v) is 7.04. The number of likely N-dealkylation sites (tertiary alicyclic amines) is 1. The van der Waals surface area contributed by atoms with E-state index >= 15 is 0 Å². The van der Waals surface area contributed by atoms with E-state index < -0.39 is 0 Å². The summed E-state index contributed by atoms with van der Waals surface area (Å²) >= 11 is 0. The molecule has 0 aromatic carbocycles. The lowest BCUT2D eigenvalue weighted by atomic mass is 9.82. The molecule has 0 spiro atoms. The highest BCUT2D eigenvalue weighted by Crippen LogP contribution is 2.36. The Morgan fingerprint density at radius 1 is 1.28 bits per heavy atom. The zero-order chi connectivity index (χ0) is 23.0. The quantitative estimate of drug-likeness (QED) is 0.644. The first-order valence-corrected chi connectivity index (χ1v) is 11.4. The summed E-state index contributed by atoms with van der Waals surface area (Å²) in [6.07, 6.45) is 4.07. The number of hydrogen-bond acceptors (Lipinski definition) is 4. The molecule has 170 valence electrons. The average molecular weight is 436 g/mol. The van der Waals surface area contributed by atoms with Crippen molar-refractivity contribution in [2.45, 2.75) is 53.0 Å². The molecule has 0 aliphatic carbocycles. The summed E-state index contributed by atoms with van der Waals surface area (Å²) < 4.78 is 1.94. The van der Waals surface area contributed by atoms with Crippen LogP contribution in [-0.2, 0) is 6.54 Å². The maximum absolute atomic E-state index is 13.3. The number of carbonyl (C=O) groups excluding carboxylic acids is 1. The van der Waals surface area contributed by atoms with Gasteiger partial charge in [-0.05, 0) is 89.0 Å². The molecule has 0 saturated carbocycles. The van der Waals surface area contributed by atoms with Crippen molar-refractivity contribution in [1.82, 2.24) is 24.8 Å². The predicted molar refractivity (Wildman–Crippen MR) is 126 cm³/mol. The number of pyridine rings is 1. The number of carbonyl (C=O) groups is 1. The van der Waals surface area contributed by atoms with Gasteiger partial charge in [-0.25, -0.2) is 4.52 Å². The first kappa shape index (κ1) is 22.3. The van der Waals surface area contributed by atoms with Gasteiger partial charge in [0.1, 0.15) is 0 Å². The molecule has 1 atom stereocenters. The number of piperidine rings is 1. The van der Waals surface area contributed by atoms with E-state index in [0.717, 1.165) is 54.0 Å². The van der Waals surface area contributed by atoms with Gasteiger partial charge in [0.2, 0.25) is 0 Å². The molecule has 1 aliphatic heterocycles. The van der Waals surface area contributed by atoms with Gasteiger partial charge in [0, 0.05) is 35.6 Å². The van der Waals surface area contributed by atoms with Crippen molar-refractivity contribution in [3.63, 3.8) is 0 Å². The fourth-order valence-electron chi connectivity index (χ4n) is 5.16. The Kier molecular flexibility index (Phi) is 6.20. The number of nitrogens with zero attached hydrogens (tertiary/aromatic N) is 3. The van der Waals surface area contributed by atoms with Gasteiger partial charge in [-0.3, -0.25) is 9.59 Å². The molecule has 1 saturated heterocycles. The number of aromatic nitrogens is 3. The van der Waals surface area contributed by atoms with E-state index in [1.807, 2.05) is 43.5 Å². The Bertz CT molecular complexity index is 1200. The van der Waals surface area contributed by atoms with Crippen molar-refractivity contribution in [3.05, 3.63) is 68.4 Å². The topological polar surface area (TPSA) is 82.5 Å². The van der Waals surface area contributed by atoms with E-state index in [0.29, 0.717) is 23.0 Å². The van der Waals surface area contributed by atoms with Gasteiger partial charge >= 0.3 is 0 Å². The van der Waals surface area contributed by atoms with Crippen LogP contribution in [0.5, 0.6) is 0 Å². The maximum Gasteiger partial charge on any atom is 0.254 e. The summed E-state index contributed by atoms with van der Waals surface area (Å²) in [5, 5.41) is 7.58. The van der Waals surface area contributed by atoms with Crippen LogP contribution in [-0.4, -0.2) is 45.5 Å². The first-order chi connectivity index (χ1) is 15.3. The molecule has 4 rings (SSSR count). The molecular weight excluding hydrogens is 402 g/mol. The van der Waals surface area contributed by atoms with Crippen LogP contribution < -0.4 is 10.9 Å². The summed E-state index contributed by atoms with van der Waals surface area (Å²) in [7, 11) is 2.17. The number of amides is 1. The van der Waals surface area contributed by atoms with Crippen LogP contribution in [0.2, 0.25) is 0 Å². The number of aryl methyl sites for hydroxylation is 2. The van der Waals surface area contributed by atoms with Gasteiger partial charge in [-0.2, -0.15) is 5.10 Å². The fourth-order valence-corrected chi connectivity index (χ4v) is 5.16. The number of nitrogens with one attached hydrogen (secondary N) is 2. The number of aromatic amines is 1. The molecule has 32 heavy (non-hydrogen) atoms. The van der Waals surface area contributed by atoms with Crippen LogP contribution >= 0.6 is 0 Å². The van der Waals surface area contributed by atoms with Gasteiger partial charge in [-0.1, -0.05) is 6.92 Å². The van der Waals surface area contributed by atoms with Crippen LogP contribution in [0, 0.1) is 26.7 Å². The lowest BCUT2D eigenvalue weighted by molar-refractivity contribution is 0.0952. The van der Waals surface area contributed by atoms with Crippen molar-refractivity contribution in [1.29, 1.82) is 0 Å². The van der Waals surface area contributed by atoms with Crippen molar-refractivity contribution in [2.24, 2.45) is 5.92 Å². The standard InChI is InChI=1S/C25H33N5O2/c1-15-13-16(2)28-24(31)20(15)14-26-25(32)22-18(4)23(30-21(22)7-6-10-27-30)17(3)19-8-11-29(5)12-9-19/h6-7,10,13,17,19H,8-9,11-12,14H2,1-5H3,(H,26,32)(H,28,31). The van der Waals surface area contributed by atoms with Gasteiger partial charge in [0.25, 0.3) is 11.5 Å². The predicted octanol–water partition coefficient (Wildman–Crippen LogP) is 3.32. The van der Waals surface area contributed by atoms with Crippen molar-refractivity contribution < 1.29 is 4.79 Å². The second-order valence-corrected chi connectivity index (χ2v) is 9.26. The average Bonchev–Trinajstić information content (AvgIpc) is 3.04. The SMILES string of the molecule is Cc1cc(C)c(CNC(=O)c2c(C)c(C(C)C3CCN(C)CC3)n3ncccc23)c(=O)[nH]1. The van der Waals surface area contributed by atoms with E-state index in [9.17, 15) is 9.59 Å². The maximum atomic E-state index is 13.3. The molecule has 1 fully saturated rings. The van der Waals surface area contributed by atoms with Gasteiger partial charge in [-0.15, -0.1) is 0 Å². The van der Waals surface area contributed by atoms with E-state index in [1.54, 1.807) is 6.20 Å². The summed E-state index contributed by atoms with van der Waals surface area (Å²) in [6.45, 7) is 10.4. The zero-order valence-electron chi connectivity index (χ0n) is 19.7. The van der Waals surface area contributed by atoms with Crippen LogP contribution in [0.4, 0.5) is 0 Å². The molecule has 1 aliphatic rings. The molecule has 0 radical (unpaired) electrons. The number of fused-ring (bicyclic) bond motifs is 1. The van der Waals surface area contributed by atoms with Gasteiger partial charge in [0.15, 0.2) is 0 Å². The third-order valence-electron chi connectivity index (χ3n) is 7.04. The van der Waals surface area contributed by atoms with Gasteiger partial charge in [0.05, 0.1) is 11.1 Å². The lowest BCUT2D eigenvalue weighted by Gasteiger charge is -2.33. The number of rotatable bonds is 5. The van der Waals surface area contributed by atoms with E-state index in [1.165, 1.54) is 0 Å². The molecule has 7 heteroatoms. The monoisotopic (exact) mass is 435 g/mol. The molecule has 0 bridgehead atoms. The van der Waals surface area contributed by atoms with Crippen LogP contribution in [0.15, 0.2) is 29.2 Å². The second kappa shape index (κ2) is 8.90. The summed E-state index contributed by atoms with van der Waals surface area (Å²) in [6, 6.07) is 5.74. The fraction of sp³-hybridized carbons (Fsp3) is 0.480. The second-order valence-electron chi connectivity index (χ2n) is 9.26. The minimum absolute atomic E-state index is 0.153. The van der Waals surface area contributed by atoms with Crippen molar-refractivity contribution in [2.75, 3.05) is 20.1 Å².